The number of aromatic amines is 1. The lowest BCUT2D eigenvalue weighted by atomic mass is 10.1. The van der Waals surface area contributed by atoms with Gasteiger partial charge in [-0.3, -0.25) is 9.59 Å². The summed E-state index contributed by atoms with van der Waals surface area (Å²) in [6.07, 6.45) is -5.48. The van der Waals surface area contributed by atoms with Gasteiger partial charge in [-0.1, -0.05) is 36.4 Å². The number of rotatable bonds is 10. The second kappa shape index (κ2) is 11.9. The highest BCUT2D eigenvalue weighted by Gasteiger charge is 2.30. The van der Waals surface area contributed by atoms with Crippen molar-refractivity contribution in [2.75, 3.05) is 6.61 Å². The van der Waals surface area contributed by atoms with Crippen LogP contribution < -0.4 is 10.9 Å². The molecule has 0 radical (unpaired) electrons. The lowest BCUT2D eigenvalue weighted by molar-refractivity contribution is -0.137. The zero-order valence-corrected chi connectivity index (χ0v) is 21.0. The minimum absolute atomic E-state index is 0.134. The van der Waals surface area contributed by atoms with Crippen LogP contribution in [0.2, 0.25) is 0 Å². The number of carbonyl (C=O) groups excluding carboxylic acids is 1. The molecule has 2 aromatic heterocycles. The van der Waals surface area contributed by atoms with Gasteiger partial charge in [-0.25, -0.2) is 4.98 Å². The number of halogens is 3. The van der Waals surface area contributed by atoms with Crippen LogP contribution in [0.4, 0.5) is 13.2 Å². The molecule has 0 aliphatic rings. The molecule has 0 saturated carbocycles. The van der Waals surface area contributed by atoms with Crippen molar-refractivity contribution < 1.29 is 32.5 Å². The number of nitrogens with one attached hydrogen (secondary N) is 2. The number of hydrogen-bond donors (Lipinski definition) is 3. The molecule has 0 spiro atoms. The van der Waals surface area contributed by atoms with Crippen LogP contribution in [-0.4, -0.2) is 27.6 Å². The first-order valence-electron chi connectivity index (χ1n) is 11.6. The van der Waals surface area contributed by atoms with Gasteiger partial charge in [0, 0.05) is 24.3 Å². The molecule has 4 aromatic rings. The second-order valence-corrected chi connectivity index (χ2v) is 9.14. The fourth-order valence-corrected chi connectivity index (χ4v) is 4.58. The van der Waals surface area contributed by atoms with Crippen molar-refractivity contribution in [2.24, 2.45) is 0 Å². The van der Waals surface area contributed by atoms with Crippen LogP contribution in [-0.2, 0) is 35.4 Å². The Labute approximate surface area is 219 Å². The molecule has 2 aromatic carbocycles. The van der Waals surface area contributed by atoms with E-state index in [1.54, 1.807) is 24.4 Å². The summed E-state index contributed by atoms with van der Waals surface area (Å²) in [5.41, 5.74) is 1.03. The van der Waals surface area contributed by atoms with E-state index in [9.17, 15) is 27.9 Å². The Morgan fingerprint density at radius 1 is 1.16 bits per heavy atom. The number of aromatic nitrogens is 2. The number of hydrogen-bond acceptors (Lipinski definition) is 7. The highest BCUT2D eigenvalue weighted by Crippen LogP contribution is 2.29. The second-order valence-electron chi connectivity index (χ2n) is 8.28. The monoisotopic (exact) mass is 547 g/mol. The summed E-state index contributed by atoms with van der Waals surface area (Å²) in [6.45, 7) is 2.42. The van der Waals surface area contributed by atoms with Gasteiger partial charge in [0.05, 0.1) is 24.2 Å². The number of alkyl halides is 3. The van der Waals surface area contributed by atoms with Gasteiger partial charge in [0.1, 0.15) is 4.83 Å². The van der Waals surface area contributed by atoms with E-state index in [1.165, 1.54) is 23.5 Å². The van der Waals surface area contributed by atoms with Gasteiger partial charge in [-0.05, 0) is 35.6 Å². The van der Waals surface area contributed by atoms with E-state index in [0.717, 1.165) is 17.7 Å². The van der Waals surface area contributed by atoms with Gasteiger partial charge in [-0.2, -0.15) is 13.2 Å². The molecule has 200 valence electrons. The van der Waals surface area contributed by atoms with Gasteiger partial charge in [0.15, 0.2) is 6.29 Å². The number of ether oxygens (including phenoxy) is 2. The average Bonchev–Trinajstić information content (AvgIpc) is 3.31. The van der Waals surface area contributed by atoms with Gasteiger partial charge in [-0.15, -0.1) is 11.3 Å². The fourth-order valence-electron chi connectivity index (χ4n) is 3.66. The van der Waals surface area contributed by atoms with E-state index in [-0.39, 0.29) is 31.1 Å². The molecule has 1 atom stereocenters. The van der Waals surface area contributed by atoms with Crippen LogP contribution in [0.5, 0.6) is 0 Å². The van der Waals surface area contributed by atoms with Gasteiger partial charge < -0.3 is 24.9 Å². The first-order chi connectivity index (χ1) is 18.2. The summed E-state index contributed by atoms with van der Waals surface area (Å²) in [7, 11) is 0. The Balaban J connectivity index is 1.37. The Morgan fingerprint density at radius 3 is 2.63 bits per heavy atom. The van der Waals surface area contributed by atoms with Crippen LogP contribution in [0, 0.1) is 0 Å². The molecule has 0 fully saturated rings. The number of aliphatic hydroxyl groups is 1. The first kappa shape index (κ1) is 27.5. The summed E-state index contributed by atoms with van der Waals surface area (Å²) >= 11 is 1.18. The molecule has 0 aliphatic carbocycles. The summed E-state index contributed by atoms with van der Waals surface area (Å²) < 4.78 is 49.6. The van der Waals surface area contributed by atoms with Crippen molar-refractivity contribution in [2.45, 2.75) is 39.1 Å². The molecule has 1 amide bonds. The Morgan fingerprint density at radius 2 is 1.92 bits per heavy atom. The van der Waals surface area contributed by atoms with Gasteiger partial charge in [0.2, 0.25) is 5.82 Å². The maximum absolute atomic E-state index is 12.9. The maximum Gasteiger partial charge on any atom is 0.416 e. The number of aliphatic hydroxyl groups excluding tert-OH is 1. The number of amides is 1. The first-order valence-corrected chi connectivity index (χ1v) is 12.4. The van der Waals surface area contributed by atoms with Crippen LogP contribution >= 0.6 is 11.3 Å². The summed E-state index contributed by atoms with van der Waals surface area (Å²) in [5, 5.41) is 14.4. The Hall–Kier alpha value is -3.58. The number of fused-ring (bicyclic) bond motifs is 1. The van der Waals surface area contributed by atoms with Crippen LogP contribution in [0.25, 0.3) is 10.2 Å². The SMILES string of the molecule is CCOC(O)c1ccc(COCc2csc3nc(C(=O)NCc4cccc(C(F)(F)F)c4)[nH]c(=O)c23)cc1. The van der Waals surface area contributed by atoms with Crippen molar-refractivity contribution in [3.8, 4) is 0 Å². The maximum atomic E-state index is 12.9. The predicted octanol–water partition coefficient (Wildman–Crippen LogP) is 4.68. The molecule has 12 heteroatoms. The van der Waals surface area contributed by atoms with E-state index in [1.807, 2.05) is 12.1 Å². The van der Waals surface area contributed by atoms with E-state index >= 15 is 0 Å². The molecule has 3 N–H and O–H groups in total. The molecule has 0 aliphatic heterocycles. The quantitative estimate of drug-likeness (QED) is 0.249. The van der Waals surface area contributed by atoms with E-state index in [0.29, 0.717) is 28.0 Å². The number of thiophene rings is 1. The van der Waals surface area contributed by atoms with Crippen molar-refractivity contribution in [3.05, 3.63) is 97.9 Å². The van der Waals surface area contributed by atoms with E-state index in [2.05, 4.69) is 15.3 Å². The predicted molar refractivity (Wildman–Crippen MR) is 134 cm³/mol. The molecule has 1 unspecified atom stereocenters. The number of benzene rings is 2. The molecule has 38 heavy (non-hydrogen) atoms. The summed E-state index contributed by atoms with van der Waals surface area (Å²) in [4.78, 5) is 32.2. The molecule has 2 heterocycles. The number of nitrogens with zero attached hydrogens (tertiary/aromatic N) is 1. The summed E-state index contributed by atoms with van der Waals surface area (Å²) in [6, 6.07) is 11.7. The minimum atomic E-state index is -4.49. The fraction of sp³-hybridized carbons (Fsp3) is 0.269. The summed E-state index contributed by atoms with van der Waals surface area (Å²) in [5.74, 6) is -0.955. The molecular formula is C26H24F3N3O5S. The van der Waals surface area contributed by atoms with Crippen molar-refractivity contribution >= 4 is 27.5 Å². The number of H-pyrrole nitrogens is 1. The molecule has 0 bridgehead atoms. The van der Waals surface area contributed by atoms with Gasteiger partial charge >= 0.3 is 6.18 Å². The third-order valence-electron chi connectivity index (χ3n) is 5.56. The van der Waals surface area contributed by atoms with Crippen molar-refractivity contribution in [1.29, 1.82) is 0 Å². The molecule has 0 saturated heterocycles. The highest BCUT2D eigenvalue weighted by molar-refractivity contribution is 7.16. The zero-order valence-electron chi connectivity index (χ0n) is 20.2. The third kappa shape index (κ3) is 6.64. The van der Waals surface area contributed by atoms with Gasteiger partial charge in [0.25, 0.3) is 11.5 Å². The van der Waals surface area contributed by atoms with E-state index in [4.69, 9.17) is 9.47 Å². The van der Waals surface area contributed by atoms with Crippen molar-refractivity contribution in [1.82, 2.24) is 15.3 Å². The minimum Gasteiger partial charge on any atom is -0.372 e. The molecular weight excluding hydrogens is 523 g/mol. The van der Waals surface area contributed by atoms with Crippen LogP contribution in [0.1, 0.15) is 51.6 Å². The third-order valence-corrected chi connectivity index (χ3v) is 6.48. The zero-order chi connectivity index (χ0) is 27.3. The van der Waals surface area contributed by atoms with Crippen molar-refractivity contribution in [3.63, 3.8) is 0 Å². The Bertz CT molecular complexity index is 1470. The van der Waals surface area contributed by atoms with Crippen LogP contribution in [0.15, 0.2) is 58.7 Å². The molecule has 8 nitrogen and oxygen atoms in total. The average molecular weight is 548 g/mol. The topological polar surface area (TPSA) is 114 Å². The number of carbonyl (C=O) groups is 1. The highest BCUT2D eigenvalue weighted by atomic mass is 32.1. The van der Waals surface area contributed by atoms with Crippen LogP contribution in [0.3, 0.4) is 0 Å². The largest absolute Gasteiger partial charge is 0.416 e. The Kier molecular flexibility index (Phi) is 8.57. The lowest BCUT2D eigenvalue weighted by Crippen LogP contribution is -2.27. The van der Waals surface area contributed by atoms with E-state index < -0.39 is 29.5 Å². The smallest absolute Gasteiger partial charge is 0.372 e. The standard InChI is InChI=1S/C26H24F3N3O5S/c1-2-37-25(35)17-8-6-15(7-9-17)12-36-13-18-14-38-24-20(18)22(33)31-21(32-24)23(34)30-11-16-4-3-5-19(10-16)26(27,28)29/h3-10,14,25,35H,2,11-13H2,1H3,(H,30,34)(H,31,32,33). The lowest BCUT2D eigenvalue weighted by Gasteiger charge is -2.11. The molecule has 4 rings (SSSR count). The normalized spacial score (nSPS) is 12.6.